The van der Waals surface area contributed by atoms with E-state index in [2.05, 4.69) is 41.3 Å². The van der Waals surface area contributed by atoms with Crippen LogP contribution in [0.1, 0.15) is 35.8 Å². The molecular weight excluding hydrogens is 330 g/mol. The molecule has 0 bridgehead atoms. The van der Waals surface area contributed by atoms with E-state index in [1.807, 2.05) is 24.5 Å². The van der Waals surface area contributed by atoms with E-state index in [1.54, 1.807) is 0 Å². The van der Waals surface area contributed by atoms with Crippen molar-refractivity contribution in [1.29, 1.82) is 0 Å². The van der Waals surface area contributed by atoms with Crippen LogP contribution in [0.2, 0.25) is 5.02 Å². The van der Waals surface area contributed by atoms with Gasteiger partial charge in [0.05, 0.1) is 11.2 Å². The molecule has 122 valence electrons. The largest absolute Gasteiger partial charge is 0.350 e. The Morgan fingerprint density at radius 1 is 1.30 bits per heavy atom. The van der Waals surface area contributed by atoms with Gasteiger partial charge in [-0.15, -0.1) is 0 Å². The summed E-state index contributed by atoms with van der Waals surface area (Å²) in [6, 6.07) is 10.2. The highest BCUT2D eigenvalue weighted by molar-refractivity contribution is 7.98. The molecule has 0 fully saturated rings. The SMILES string of the molecule is CSc1ncc(Cl)c(C(=O)NC[C@H](c2ccccc2)C(C)C)n1. The maximum atomic E-state index is 12.4. The first-order valence-electron chi connectivity index (χ1n) is 7.42. The first-order chi connectivity index (χ1) is 11.0. The van der Waals surface area contributed by atoms with Crippen molar-refractivity contribution >= 4 is 29.3 Å². The maximum absolute atomic E-state index is 12.4. The van der Waals surface area contributed by atoms with Crippen molar-refractivity contribution in [3.63, 3.8) is 0 Å². The van der Waals surface area contributed by atoms with E-state index >= 15 is 0 Å². The van der Waals surface area contributed by atoms with E-state index in [1.165, 1.54) is 23.5 Å². The summed E-state index contributed by atoms with van der Waals surface area (Å²) in [4.78, 5) is 20.6. The van der Waals surface area contributed by atoms with Crippen LogP contribution in [0.3, 0.4) is 0 Å². The van der Waals surface area contributed by atoms with E-state index in [9.17, 15) is 4.79 Å². The van der Waals surface area contributed by atoms with Gasteiger partial charge in [0, 0.05) is 12.5 Å². The summed E-state index contributed by atoms with van der Waals surface area (Å²) in [5.41, 5.74) is 1.43. The molecule has 1 aromatic carbocycles. The number of nitrogens with one attached hydrogen (secondary N) is 1. The topological polar surface area (TPSA) is 54.9 Å². The van der Waals surface area contributed by atoms with Gasteiger partial charge in [0.1, 0.15) is 0 Å². The van der Waals surface area contributed by atoms with E-state index in [4.69, 9.17) is 11.6 Å². The van der Waals surface area contributed by atoms with Crippen molar-refractivity contribution in [2.24, 2.45) is 5.92 Å². The molecule has 6 heteroatoms. The van der Waals surface area contributed by atoms with Crippen LogP contribution in [0, 0.1) is 5.92 Å². The third-order valence-electron chi connectivity index (χ3n) is 3.63. The van der Waals surface area contributed by atoms with Crippen LogP contribution in [0.5, 0.6) is 0 Å². The summed E-state index contributed by atoms with van der Waals surface area (Å²) in [5.74, 6) is 0.371. The zero-order valence-corrected chi connectivity index (χ0v) is 15.0. The Hall–Kier alpha value is -1.59. The van der Waals surface area contributed by atoms with Crippen molar-refractivity contribution < 1.29 is 4.79 Å². The highest BCUT2D eigenvalue weighted by Crippen LogP contribution is 2.24. The number of carbonyl (C=O) groups is 1. The van der Waals surface area contributed by atoms with E-state index in [0.717, 1.165) is 0 Å². The fraction of sp³-hybridized carbons (Fsp3) is 0.353. The Bertz CT molecular complexity index is 664. The Morgan fingerprint density at radius 3 is 2.61 bits per heavy atom. The smallest absolute Gasteiger partial charge is 0.271 e. The second-order valence-electron chi connectivity index (χ2n) is 5.52. The molecule has 0 radical (unpaired) electrons. The molecule has 0 unspecified atom stereocenters. The minimum Gasteiger partial charge on any atom is -0.350 e. The lowest BCUT2D eigenvalue weighted by Crippen LogP contribution is -2.31. The number of rotatable bonds is 6. The molecule has 1 N–H and O–H groups in total. The van der Waals surface area contributed by atoms with Gasteiger partial charge < -0.3 is 5.32 Å². The summed E-state index contributed by atoms with van der Waals surface area (Å²) < 4.78 is 0. The Morgan fingerprint density at radius 2 is 2.00 bits per heavy atom. The Kier molecular flexibility index (Phi) is 6.42. The average molecular weight is 350 g/mol. The van der Waals surface area contributed by atoms with Gasteiger partial charge in [0.15, 0.2) is 10.9 Å². The van der Waals surface area contributed by atoms with E-state index < -0.39 is 0 Å². The molecule has 1 amide bonds. The van der Waals surface area contributed by atoms with Gasteiger partial charge >= 0.3 is 0 Å². The summed E-state index contributed by atoms with van der Waals surface area (Å²) in [7, 11) is 0. The zero-order valence-electron chi connectivity index (χ0n) is 13.4. The Balaban J connectivity index is 2.11. The van der Waals surface area contributed by atoms with E-state index in [-0.39, 0.29) is 22.5 Å². The Labute approximate surface area is 146 Å². The summed E-state index contributed by atoms with van der Waals surface area (Å²) >= 11 is 7.42. The van der Waals surface area contributed by atoms with Gasteiger partial charge in [-0.3, -0.25) is 4.79 Å². The van der Waals surface area contributed by atoms with Gasteiger partial charge in [0.2, 0.25) is 0 Å². The molecule has 1 heterocycles. The number of hydrogen-bond acceptors (Lipinski definition) is 4. The fourth-order valence-corrected chi connectivity index (χ4v) is 2.85. The van der Waals surface area contributed by atoms with Crippen molar-refractivity contribution in [2.45, 2.75) is 24.9 Å². The lowest BCUT2D eigenvalue weighted by atomic mass is 9.88. The predicted octanol–water partition coefficient (Wildman–Crippen LogP) is 4.02. The molecule has 0 aliphatic heterocycles. The molecule has 0 saturated carbocycles. The fourth-order valence-electron chi connectivity index (χ4n) is 2.33. The lowest BCUT2D eigenvalue weighted by Gasteiger charge is -2.22. The third-order valence-corrected chi connectivity index (χ3v) is 4.47. The number of halogens is 1. The number of thioether (sulfide) groups is 1. The predicted molar refractivity (Wildman–Crippen MR) is 95.2 cm³/mol. The second-order valence-corrected chi connectivity index (χ2v) is 6.71. The highest BCUT2D eigenvalue weighted by Gasteiger charge is 2.19. The molecule has 0 saturated heterocycles. The molecule has 4 nitrogen and oxygen atoms in total. The summed E-state index contributed by atoms with van der Waals surface area (Å²) in [6.07, 6.45) is 3.32. The molecule has 2 rings (SSSR count). The number of amides is 1. The minimum atomic E-state index is -0.269. The summed E-state index contributed by atoms with van der Waals surface area (Å²) in [5, 5.41) is 3.74. The van der Waals surface area contributed by atoms with E-state index in [0.29, 0.717) is 17.6 Å². The summed E-state index contributed by atoms with van der Waals surface area (Å²) in [6.45, 7) is 4.83. The van der Waals surface area contributed by atoms with Gasteiger partial charge in [-0.2, -0.15) is 0 Å². The van der Waals surface area contributed by atoms with Crippen molar-refractivity contribution in [3.05, 3.63) is 52.8 Å². The number of hydrogen-bond donors (Lipinski definition) is 1. The number of benzene rings is 1. The molecule has 2 aromatic rings. The normalized spacial score (nSPS) is 12.2. The lowest BCUT2D eigenvalue weighted by molar-refractivity contribution is 0.0943. The van der Waals surface area contributed by atoms with Crippen LogP contribution in [0.4, 0.5) is 0 Å². The molecule has 1 aromatic heterocycles. The van der Waals surface area contributed by atoms with Crippen LogP contribution in [0.25, 0.3) is 0 Å². The van der Waals surface area contributed by atoms with Crippen LogP contribution in [-0.4, -0.2) is 28.7 Å². The van der Waals surface area contributed by atoms with Gasteiger partial charge in [0.25, 0.3) is 5.91 Å². The molecule has 0 spiro atoms. The first kappa shape index (κ1) is 17.8. The molecule has 0 aliphatic carbocycles. The van der Waals surface area contributed by atoms with Crippen molar-refractivity contribution in [1.82, 2.24) is 15.3 Å². The quantitative estimate of drug-likeness (QED) is 0.632. The van der Waals surface area contributed by atoms with Crippen molar-refractivity contribution in [2.75, 3.05) is 12.8 Å². The monoisotopic (exact) mass is 349 g/mol. The van der Waals surface area contributed by atoms with Crippen LogP contribution in [-0.2, 0) is 0 Å². The average Bonchev–Trinajstić information content (AvgIpc) is 2.56. The van der Waals surface area contributed by atoms with Gasteiger partial charge in [-0.1, -0.05) is 67.5 Å². The molecule has 23 heavy (non-hydrogen) atoms. The number of carbonyl (C=O) groups excluding carboxylic acids is 1. The molecule has 1 atom stereocenters. The highest BCUT2D eigenvalue weighted by atomic mass is 35.5. The molecule has 0 aliphatic rings. The van der Waals surface area contributed by atoms with Crippen LogP contribution in [0.15, 0.2) is 41.7 Å². The molecular formula is C17H20ClN3OS. The standard InChI is InChI=1S/C17H20ClN3OS/c1-11(2)13(12-7-5-4-6-8-12)9-19-16(22)15-14(18)10-20-17(21-15)23-3/h4-8,10-11,13H,9H2,1-3H3,(H,19,22)/t13-/m0/s1. The minimum absolute atomic E-state index is 0.224. The maximum Gasteiger partial charge on any atom is 0.271 e. The number of nitrogens with zero attached hydrogens (tertiary/aromatic N) is 2. The van der Waals surface area contributed by atoms with Gasteiger partial charge in [-0.05, 0) is 17.7 Å². The van der Waals surface area contributed by atoms with Crippen LogP contribution >= 0.6 is 23.4 Å². The second kappa shape index (κ2) is 8.31. The first-order valence-corrected chi connectivity index (χ1v) is 9.03. The zero-order chi connectivity index (χ0) is 16.8. The van der Waals surface area contributed by atoms with Crippen molar-refractivity contribution in [3.8, 4) is 0 Å². The van der Waals surface area contributed by atoms with Gasteiger partial charge in [-0.25, -0.2) is 9.97 Å². The third kappa shape index (κ3) is 4.69. The van der Waals surface area contributed by atoms with Crippen LogP contribution < -0.4 is 5.32 Å². The number of aromatic nitrogens is 2.